The number of benzene rings is 1. The van der Waals surface area contributed by atoms with Crippen LogP contribution in [0.4, 0.5) is 5.69 Å². The van der Waals surface area contributed by atoms with Crippen LogP contribution in [0.25, 0.3) is 0 Å². The SMILES string of the molecule is CCN1C(=O)/C(=C/C=C2/Sc3ccc(OC)cc3N2CC)SC1=S. The summed E-state index contributed by atoms with van der Waals surface area (Å²) in [7, 11) is 1.67. The summed E-state index contributed by atoms with van der Waals surface area (Å²) in [5.74, 6) is 0.840. The van der Waals surface area contributed by atoms with E-state index < -0.39 is 0 Å². The van der Waals surface area contributed by atoms with Crippen LogP contribution < -0.4 is 9.64 Å². The summed E-state index contributed by atoms with van der Waals surface area (Å²) in [5, 5.41) is 1.10. The predicted molar refractivity (Wildman–Crippen MR) is 106 cm³/mol. The van der Waals surface area contributed by atoms with Gasteiger partial charge < -0.3 is 9.64 Å². The fourth-order valence-corrected chi connectivity index (χ4v) is 5.03. The number of allylic oxidation sites excluding steroid dienone is 2. The van der Waals surface area contributed by atoms with Crippen molar-refractivity contribution in [2.24, 2.45) is 0 Å². The van der Waals surface area contributed by atoms with Gasteiger partial charge in [0.25, 0.3) is 5.91 Å². The van der Waals surface area contributed by atoms with E-state index in [-0.39, 0.29) is 5.91 Å². The zero-order valence-corrected chi connectivity index (χ0v) is 16.2. The van der Waals surface area contributed by atoms with Crippen molar-refractivity contribution in [2.45, 2.75) is 18.7 Å². The zero-order chi connectivity index (χ0) is 17.3. The molecule has 0 spiro atoms. The Morgan fingerprint density at radius 1 is 1.17 bits per heavy atom. The summed E-state index contributed by atoms with van der Waals surface area (Å²) in [5.41, 5.74) is 1.14. The van der Waals surface area contributed by atoms with Gasteiger partial charge in [0.2, 0.25) is 0 Å². The van der Waals surface area contributed by atoms with Gasteiger partial charge in [0.15, 0.2) is 0 Å². The first-order valence-corrected chi connectivity index (χ1v) is 9.72. The normalized spacial score (nSPS) is 20.5. The number of ether oxygens (including phenoxy) is 1. The second-order valence-electron chi connectivity index (χ2n) is 5.13. The van der Waals surface area contributed by atoms with Crippen LogP contribution in [0.2, 0.25) is 0 Å². The lowest BCUT2D eigenvalue weighted by Crippen LogP contribution is -2.27. The lowest BCUT2D eigenvalue weighted by Gasteiger charge is -2.18. The highest BCUT2D eigenvalue weighted by Gasteiger charge is 2.30. The van der Waals surface area contributed by atoms with Crippen LogP contribution in [-0.2, 0) is 4.79 Å². The van der Waals surface area contributed by atoms with E-state index in [0.29, 0.717) is 15.8 Å². The molecule has 1 amide bonds. The maximum Gasteiger partial charge on any atom is 0.266 e. The smallest absolute Gasteiger partial charge is 0.266 e. The molecule has 2 aliphatic rings. The molecule has 3 rings (SSSR count). The Morgan fingerprint density at radius 2 is 1.92 bits per heavy atom. The molecule has 0 aliphatic carbocycles. The van der Waals surface area contributed by atoms with Crippen molar-refractivity contribution < 1.29 is 9.53 Å². The lowest BCUT2D eigenvalue weighted by molar-refractivity contribution is -0.122. The van der Waals surface area contributed by atoms with Crippen molar-refractivity contribution in [3.63, 3.8) is 0 Å². The minimum atomic E-state index is -0.00502. The molecule has 1 fully saturated rings. The van der Waals surface area contributed by atoms with Crippen molar-refractivity contribution in [1.29, 1.82) is 0 Å². The highest BCUT2D eigenvalue weighted by Crippen LogP contribution is 2.47. The van der Waals surface area contributed by atoms with Crippen LogP contribution in [0.1, 0.15) is 13.8 Å². The third-order valence-electron chi connectivity index (χ3n) is 3.82. The minimum absolute atomic E-state index is 0.00502. The van der Waals surface area contributed by atoms with Gasteiger partial charge in [-0.25, -0.2) is 0 Å². The molecule has 126 valence electrons. The number of thioether (sulfide) groups is 2. The van der Waals surface area contributed by atoms with E-state index in [1.807, 2.05) is 31.2 Å². The van der Waals surface area contributed by atoms with Gasteiger partial charge in [-0.1, -0.05) is 35.7 Å². The molecule has 7 heteroatoms. The molecule has 4 nitrogen and oxygen atoms in total. The molecule has 0 N–H and O–H groups in total. The van der Waals surface area contributed by atoms with Crippen LogP contribution in [-0.4, -0.2) is 35.3 Å². The number of fused-ring (bicyclic) bond motifs is 1. The number of carbonyl (C=O) groups excluding carboxylic acids is 1. The monoisotopic (exact) mass is 378 g/mol. The molecule has 0 unspecified atom stereocenters. The number of carbonyl (C=O) groups is 1. The number of hydrogen-bond donors (Lipinski definition) is 0. The van der Waals surface area contributed by atoms with E-state index >= 15 is 0 Å². The van der Waals surface area contributed by atoms with Gasteiger partial charge in [0.05, 0.1) is 22.7 Å². The van der Waals surface area contributed by atoms with Gasteiger partial charge in [0, 0.05) is 24.1 Å². The first-order valence-electron chi connectivity index (χ1n) is 7.68. The Balaban J connectivity index is 1.88. The Labute approximate surface area is 155 Å². The van der Waals surface area contributed by atoms with E-state index in [0.717, 1.165) is 23.0 Å². The molecular weight excluding hydrogens is 360 g/mol. The predicted octanol–water partition coefficient (Wildman–Crippen LogP) is 4.23. The Morgan fingerprint density at radius 3 is 2.54 bits per heavy atom. The minimum Gasteiger partial charge on any atom is -0.497 e. The van der Waals surface area contributed by atoms with Crippen molar-refractivity contribution in [1.82, 2.24) is 4.90 Å². The molecule has 0 bridgehead atoms. The van der Waals surface area contributed by atoms with E-state index in [2.05, 4.69) is 17.9 Å². The number of likely N-dealkylation sites (N-methyl/N-ethyl adjacent to an activating group) is 1. The van der Waals surface area contributed by atoms with Gasteiger partial charge in [0.1, 0.15) is 10.1 Å². The van der Waals surface area contributed by atoms with Crippen LogP contribution >= 0.6 is 35.7 Å². The van der Waals surface area contributed by atoms with Crippen LogP contribution in [0.3, 0.4) is 0 Å². The summed E-state index contributed by atoms with van der Waals surface area (Å²) in [6.45, 7) is 5.50. The lowest BCUT2D eigenvalue weighted by atomic mass is 10.2. The molecule has 2 aliphatic heterocycles. The molecule has 0 radical (unpaired) electrons. The summed E-state index contributed by atoms with van der Waals surface area (Å²) in [4.78, 5) is 18.0. The summed E-state index contributed by atoms with van der Waals surface area (Å²) in [6.07, 6.45) is 3.88. The second-order valence-corrected chi connectivity index (χ2v) is 7.87. The first kappa shape index (κ1) is 17.4. The largest absolute Gasteiger partial charge is 0.497 e. The molecule has 2 heterocycles. The molecule has 0 atom stereocenters. The standard InChI is InChI=1S/C17H18N2O2S3/c1-4-18-12-10-11(21-3)6-7-13(12)23-15(18)9-8-14-16(20)19(5-2)17(22)24-14/h6-10H,4-5H2,1-3H3/b14-8-,15-9+. The quantitative estimate of drug-likeness (QED) is 0.576. The van der Waals surface area contributed by atoms with Gasteiger partial charge in [-0.3, -0.25) is 9.69 Å². The first-order chi connectivity index (χ1) is 11.6. The third-order valence-corrected chi connectivity index (χ3v) is 6.35. The summed E-state index contributed by atoms with van der Waals surface area (Å²) in [6, 6.07) is 6.08. The van der Waals surface area contributed by atoms with Crippen molar-refractivity contribution in [2.75, 3.05) is 25.1 Å². The van der Waals surface area contributed by atoms with Gasteiger partial charge >= 0.3 is 0 Å². The van der Waals surface area contributed by atoms with E-state index in [1.54, 1.807) is 23.8 Å². The van der Waals surface area contributed by atoms with Gasteiger partial charge in [-0.15, -0.1) is 0 Å². The van der Waals surface area contributed by atoms with Crippen molar-refractivity contribution >= 4 is 51.7 Å². The molecule has 0 saturated carbocycles. The number of anilines is 1. The number of thiocarbonyl (C=S) groups is 1. The summed E-state index contributed by atoms with van der Waals surface area (Å²) < 4.78 is 5.95. The topological polar surface area (TPSA) is 32.8 Å². The van der Waals surface area contributed by atoms with Crippen LogP contribution in [0.5, 0.6) is 5.75 Å². The maximum atomic E-state index is 12.3. The molecule has 24 heavy (non-hydrogen) atoms. The number of nitrogens with zero attached hydrogens (tertiary/aromatic N) is 2. The molecule has 1 saturated heterocycles. The zero-order valence-electron chi connectivity index (χ0n) is 13.7. The summed E-state index contributed by atoms with van der Waals surface area (Å²) >= 11 is 8.32. The highest BCUT2D eigenvalue weighted by atomic mass is 32.2. The molecular formula is C17H18N2O2S3. The fraction of sp³-hybridized carbons (Fsp3) is 0.294. The van der Waals surface area contributed by atoms with Crippen molar-refractivity contribution in [3.8, 4) is 5.75 Å². The molecule has 0 aromatic heterocycles. The highest BCUT2D eigenvalue weighted by molar-refractivity contribution is 8.26. The number of hydrogen-bond acceptors (Lipinski definition) is 6. The average molecular weight is 379 g/mol. The Bertz CT molecular complexity index is 758. The average Bonchev–Trinajstić information content (AvgIpc) is 3.08. The van der Waals surface area contributed by atoms with Crippen LogP contribution in [0.15, 0.2) is 45.2 Å². The van der Waals surface area contributed by atoms with Gasteiger partial charge in [-0.2, -0.15) is 0 Å². The third kappa shape index (κ3) is 3.08. The Hall–Kier alpha value is -1.44. The van der Waals surface area contributed by atoms with E-state index in [9.17, 15) is 4.79 Å². The van der Waals surface area contributed by atoms with Crippen LogP contribution in [0, 0.1) is 0 Å². The van der Waals surface area contributed by atoms with E-state index in [4.69, 9.17) is 17.0 Å². The maximum absolute atomic E-state index is 12.3. The molecule has 1 aromatic carbocycles. The van der Waals surface area contributed by atoms with Gasteiger partial charge in [-0.05, 0) is 38.1 Å². The van der Waals surface area contributed by atoms with Crippen molar-refractivity contribution in [3.05, 3.63) is 40.3 Å². The second kappa shape index (κ2) is 7.21. The number of rotatable bonds is 4. The Kier molecular flexibility index (Phi) is 5.22. The number of amides is 1. The van der Waals surface area contributed by atoms with E-state index in [1.165, 1.54) is 16.7 Å². The number of methoxy groups -OCH3 is 1. The fourth-order valence-electron chi connectivity index (χ4n) is 2.59. The molecule has 1 aromatic rings.